The normalized spacial score (nSPS) is 15.1. The Morgan fingerprint density at radius 2 is 1.69 bits per heavy atom. The van der Waals surface area contributed by atoms with Crippen molar-refractivity contribution in [2.24, 2.45) is 0 Å². The van der Waals surface area contributed by atoms with Crippen LogP contribution >= 0.6 is 0 Å². The highest BCUT2D eigenvalue weighted by atomic mass is 32.2. The number of nitrogens with zero attached hydrogens (tertiary/aromatic N) is 4. The smallest absolute Gasteiger partial charge is 0.261 e. The number of fused-ring (bicyclic) bond motifs is 1. The third kappa shape index (κ3) is 4.47. The number of anilines is 1. The first-order chi connectivity index (χ1) is 16.9. The van der Waals surface area contributed by atoms with E-state index in [0.29, 0.717) is 41.1 Å². The molecule has 0 spiro atoms. The average molecular weight is 493 g/mol. The molecule has 1 aliphatic rings. The van der Waals surface area contributed by atoms with Gasteiger partial charge in [0.05, 0.1) is 28.8 Å². The van der Waals surface area contributed by atoms with Gasteiger partial charge in [-0.3, -0.25) is 9.59 Å². The number of hydrogen-bond donors (Lipinski definition) is 2. The van der Waals surface area contributed by atoms with E-state index >= 15 is 0 Å². The number of benzene rings is 2. The van der Waals surface area contributed by atoms with E-state index in [1.54, 1.807) is 24.3 Å². The number of amides is 1. The van der Waals surface area contributed by atoms with Crippen molar-refractivity contribution >= 4 is 32.7 Å². The molecule has 11 heteroatoms. The Balaban J connectivity index is 1.39. The second kappa shape index (κ2) is 9.43. The van der Waals surface area contributed by atoms with Crippen LogP contribution in [0.1, 0.15) is 36.0 Å². The Kier molecular flexibility index (Phi) is 6.18. The van der Waals surface area contributed by atoms with Crippen LogP contribution in [-0.2, 0) is 10.0 Å². The third-order valence-corrected chi connectivity index (χ3v) is 7.98. The average Bonchev–Trinajstić information content (AvgIpc) is 3.10. The molecule has 2 aromatic heterocycles. The fraction of sp³-hybridized carbons (Fsp3) is 0.250. The van der Waals surface area contributed by atoms with Crippen LogP contribution in [0.15, 0.2) is 70.7 Å². The molecule has 2 N–H and O–H groups in total. The maximum Gasteiger partial charge on any atom is 0.261 e. The van der Waals surface area contributed by atoms with E-state index in [-0.39, 0.29) is 10.5 Å². The Morgan fingerprint density at radius 1 is 0.971 bits per heavy atom. The topological polar surface area (TPSA) is 130 Å². The van der Waals surface area contributed by atoms with Gasteiger partial charge < -0.3 is 10.3 Å². The van der Waals surface area contributed by atoms with E-state index in [1.165, 1.54) is 45.8 Å². The lowest BCUT2D eigenvalue weighted by molar-refractivity contribution is 0.102. The summed E-state index contributed by atoms with van der Waals surface area (Å²) in [7, 11) is -3.59. The van der Waals surface area contributed by atoms with Gasteiger partial charge in [-0.15, -0.1) is 0 Å². The molecule has 3 heterocycles. The van der Waals surface area contributed by atoms with Gasteiger partial charge in [-0.05, 0) is 49.2 Å². The highest BCUT2D eigenvalue weighted by Crippen LogP contribution is 2.24. The van der Waals surface area contributed by atoms with Crippen LogP contribution in [0.4, 0.5) is 5.69 Å². The number of rotatable bonds is 5. The van der Waals surface area contributed by atoms with Gasteiger partial charge in [-0.2, -0.15) is 9.40 Å². The molecule has 0 saturated carbocycles. The molecule has 0 radical (unpaired) electrons. The first-order valence-electron chi connectivity index (χ1n) is 11.4. The summed E-state index contributed by atoms with van der Waals surface area (Å²) >= 11 is 0. The van der Waals surface area contributed by atoms with Crippen molar-refractivity contribution in [3.8, 4) is 5.69 Å². The van der Waals surface area contributed by atoms with E-state index in [2.05, 4.69) is 20.4 Å². The molecule has 10 nitrogen and oxygen atoms in total. The molecule has 0 bridgehead atoms. The van der Waals surface area contributed by atoms with Crippen molar-refractivity contribution in [3.63, 3.8) is 0 Å². The number of carbonyl (C=O) groups excluding carboxylic acids is 1. The Hall–Kier alpha value is -3.83. The lowest BCUT2D eigenvalue weighted by Gasteiger charge is -2.20. The molecule has 0 unspecified atom stereocenters. The second-order valence-corrected chi connectivity index (χ2v) is 10.3. The summed E-state index contributed by atoms with van der Waals surface area (Å²) in [5.41, 5.74) is 1.37. The first kappa shape index (κ1) is 22.9. The van der Waals surface area contributed by atoms with Gasteiger partial charge in [0.2, 0.25) is 10.0 Å². The highest BCUT2D eigenvalue weighted by molar-refractivity contribution is 7.89. The summed E-state index contributed by atoms with van der Waals surface area (Å²) in [5, 5.41) is 7.45. The lowest BCUT2D eigenvalue weighted by Crippen LogP contribution is -2.31. The van der Waals surface area contributed by atoms with Gasteiger partial charge in [0, 0.05) is 18.7 Å². The van der Waals surface area contributed by atoms with Crippen molar-refractivity contribution < 1.29 is 13.2 Å². The molecule has 180 valence electrons. The quantitative estimate of drug-likeness (QED) is 0.441. The van der Waals surface area contributed by atoms with Crippen LogP contribution in [0.2, 0.25) is 0 Å². The molecular formula is C24H24N6O4S. The van der Waals surface area contributed by atoms with E-state index in [1.807, 2.05) is 0 Å². The van der Waals surface area contributed by atoms with E-state index in [9.17, 15) is 18.0 Å². The van der Waals surface area contributed by atoms with Gasteiger partial charge in [0.1, 0.15) is 5.39 Å². The molecule has 0 atom stereocenters. The van der Waals surface area contributed by atoms with Gasteiger partial charge in [0.15, 0.2) is 5.65 Å². The van der Waals surface area contributed by atoms with Crippen LogP contribution < -0.4 is 10.9 Å². The van der Waals surface area contributed by atoms with Crippen molar-refractivity contribution in [3.05, 3.63) is 77.0 Å². The van der Waals surface area contributed by atoms with Crippen LogP contribution in [0.25, 0.3) is 16.7 Å². The molecule has 2 aromatic carbocycles. The standard InChI is InChI=1S/C24H24N6O4S/c31-23(17-9-11-18(12-10-17)35(33,34)29-13-5-1-2-6-14-29)28-20-7-3-4-8-21(20)30-22-19(15-27-30)24(32)26-16-25-22/h3-4,7-12,15-16H,1-2,5-6,13-14H2,(H,28,31)(H,25,26,32). The van der Waals surface area contributed by atoms with Crippen LogP contribution in [0.3, 0.4) is 0 Å². The second-order valence-electron chi connectivity index (χ2n) is 8.34. The Morgan fingerprint density at radius 3 is 2.43 bits per heavy atom. The zero-order valence-electron chi connectivity index (χ0n) is 18.8. The molecule has 0 aliphatic carbocycles. The number of aromatic nitrogens is 4. The van der Waals surface area contributed by atoms with Crippen molar-refractivity contribution in [2.75, 3.05) is 18.4 Å². The van der Waals surface area contributed by atoms with Crippen LogP contribution in [0, 0.1) is 0 Å². The minimum absolute atomic E-state index is 0.177. The molecular weight excluding hydrogens is 468 g/mol. The molecule has 5 rings (SSSR count). The van der Waals surface area contributed by atoms with Crippen LogP contribution in [-0.4, -0.2) is 51.5 Å². The van der Waals surface area contributed by atoms with Gasteiger partial charge in [-0.25, -0.2) is 18.1 Å². The van der Waals surface area contributed by atoms with E-state index in [0.717, 1.165) is 25.7 Å². The molecule has 1 aliphatic heterocycles. The number of para-hydroxylation sites is 2. The van der Waals surface area contributed by atoms with E-state index < -0.39 is 15.9 Å². The predicted octanol–water partition coefficient (Wildman–Crippen LogP) is 2.93. The van der Waals surface area contributed by atoms with E-state index in [4.69, 9.17) is 0 Å². The lowest BCUT2D eigenvalue weighted by atomic mass is 10.2. The van der Waals surface area contributed by atoms with Crippen molar-refractivity contribution in [1.29, 1.82) is 0 Å². The largest absolute Gasteiger partial charge is 0.320 e. The minimum atomic E-state index is -3.59. The summed E-state index contributed by atoms with van der Waals surface area (Å²) < 4.78 is 29.0. The fourth-order valence-corrected chi connectivity index (χ4v) is 5.72. The van der Waals surface area contributed by atoms with Gasteiger partial charge in [-0.1, -0.05) is 25.0 Å². The summed E-state index contributed by atoms with van der Waals surface area (Å²) in [6.07, 6.45) is 6.50. The van der Waals surface area contributed by atoms with Crippen LogP contribution in [0.5, 0.6) is 0 Å². The first-order valence-corrected chi connectivity index (χ1v) is 12.8. The molecule has 1 amide bonds. The van der Waals surface area contributed by atoms with Crippen molar-refractivity contribution in [1.82, 2.24) is 24.1 Å². The summed E-state index contributed by atoms with van der Waals surface area (Å²) in [6.45, 7) is 1.04. The third-order valence-electron chi connectivity index (χ3n) is 6.07. The fourth-order valence-electron chi connectivity index (χ4n) is 4.20. The number of hydrogen-bond acceptors (Lipinski definition) is 6. The Labute approximate surface area is 201 Å². The van der Waals surface area contributed by atoms with Gasteiger partial charge >= 0.3 is 0 Å². The maximum atomic E-state index is 13.0. The minimum Gasteiger partial charge on any atom is -0.320 e. The highest BCUT2D eigenvalue weighted by Gasteiger charge is 2.25. The molecule has 1 saturated heterocycles. The van der Waals surface area contributed by atoms with Gasteiger partial charge in [0.25, 0.3) is 11.5 Å². The number of sulfonamides is 1. The molecule has 1 fully saturated rings. The summed E-state index contributed by atoms with van der Waals surface area (Å²) in [6, 6.07) is 13.0. The Bertz CT molecular complexity index is 1530. The summed E-state index contributed by atoms with van der Waals surface area (Å²) in [5.74, 6) is -0.404. The number of H-pyrrole nitrogens is 1. The maximum absolute atomic E-state index is 13.0. The predicted molar refractivity (Wildman–Crippen MR) is 131 cm³/mol. The molecule has 35 heavy (non-hydrogen) atoms. The number of nitrogens with one attached hydrogen (secondary N) is 2. The zero-order chi connectivity index (χ0) is 24.4. The zero-order valence-corrected chi connectivity index (χ0v) is 19.7. The number of aromatic amines is 1. The van der Waals surface area contributed by atoms with Crippen molar-refractivity contribution in [2.45, 2.75) is 30.6 Å². The summed E-state index contributed by atoms with van der Waals surface area (Å²) in [4.78, 5) is 31.9. The SMILES string of the molecule is O=C(Nc1ccccc1-n1ncc2c(=O)[nH]cnc21)c1ccc(S(=O)(=O)N2CCCCCC2)cc1. The monoisotopic (exact) mass is 492 g/mol. The number of carbonyl (C=O) groups is 1. The molecule has 4 aromatic rings.